The van der Waals surface area contributed by atoms with Gasteiger partial charge in [0.15, 0.2) is 11.5 Å². The van der Waals surface area contributed by atoms with E-state index in [9.17, 15) is 9.59 Å². The van der Waals surface area contributed by atoms with E-state index < -0.39 is 0 Å². The predicted molar refractivity (Wildman–Crippen MR) is 106 cm³/mol. The van der Waals surface area contributed by atoms with E-state index in [1.54, 1.807) is 17.0 Å². The summed E-state index contributed by atoms with van der Waals surface area (Å²) in [6, 6.07) is 15.0. The first-order chi connectivity index (χ1) is 14.1. The van der Waals surface area contributed by atoms with E-state index in [-0.39, 0.29) is 23.3 Å². The van der Waals surface area contributed by atoms with Gasteiger partial charge in [-0.15, -0.1) is 0 Å². The molecule has 7 heteroatoms. The van der Waals surface area contributed by atoms with Gasteiger partial charge in [-0.2, -0.15) is 0 Å². The molecule has 0 spiro atoms. The first kappa shape index (κ1) is 17.7. The summed E-state index contributed by atoms with van der Waals surface area (Å²) in [4.78, 5) is 26.6. The van der Waals surface area contributed by atoms with Crippen LogP contribution in [0, 0.1) is 6.92 Å². The standard InChI is InChI=1S/C22H21N3O4/c1-14-9-17(10-21(26)25(14)16-7-8-16)28-18-12-24(13-18)22(27)19-11-20(29-23-19)15-5-3-2-4-6-15/h2-6,9-11,16,18H,7-8,12-13H2,1H3. The highest BCUT2D eigenvalue weighted by Gasteiger charge is 2.34. The number of ether oxygens (including phenoxy) is 1. The lowest BCUT2D eigenvalue weighted by Crippen LogP contribution is -2.56. The summed E-state index contributed by atoms with van der Waals surface area (Å²) in [5.74, 6) is 0.944. The number of hydrogen-bond donors (Lipinski definition) is 0. The summed E-state index contributed by atoms with van der Waals surface area (Å²) in [6.07, 6.45) is 2.00. The lowest BCUT2D eigenvalue weighted by molar-refractivity contribution is 0.0169. The van der Waals surface area contributed by atoms with Gasteiger partial charge in [-0.05, 0) is 25.8 Å². The normalized spacial score (nSPS) is 16.5. The minimum Gasteiger partial charge on any atom is -0.486 e. The second kappa shape index (κ2) is 6.92. The summed E-state index contributed by atoms with van der Waals surface area (Å²) in [5, 5.41) is 3.91. The molecular weight excluding hydrogens is 370 g/mol. The largest absolute Gasteiger partial charge is 0.486 e. The van der Waals surface area contributed by atoms with Gasteiger partial charge in [0, 0.05) is 29.4 Å². The average Bonchev–Trinajstić information content (AvgIpc) is 3.38. The zero-order chi connectivity index (χ0) is 20.0. The Morgan fingerprint density at radius 3 is 2.59 bits per heavy atom. The van der Waals surface area contributed by atoms with E-state index in [1.807, 2.05) is 47.9 Å². The van der Waals surface area contributed by atoms with Gasteiger partial charge in [0.2, 0.25) is 0 Å². The Morgan fingerprint density at radius 2 is 1.90 bits per heavy atom. The van der Waals surface area contributed by atoms with Crippen molar-refractivity contribution in [2.24, 2.45) is 0 Å². The molecule has 0 radical (unpaired) electrons. The molecule has 0 N–H and O–H groups in total. The first-order valence-corrected chi connectivity index (χ1v) is 9.80. The number of pyridine rings is 1. The quantitative estimate of drug-likeness (QED) is 0.668. The van der Waals surface area contributed by atoms with Gasteiger partial charge in [0.1, 0.15) is 11.9 Å². The van der Waals surface area contributed by atoms with Gasteiger partial charge in [-0.3, -0.25) is 9.59 Å². The van der Waals surface area contributed by atoms with Crippen LogP contribution in [0.2, 0.25) is 0 Å². The Labute approximate surface area is 167 Å². The number of nitrogens with zero attached hydrogens (tertiary/aromatic N) is 3. The molecule has 2 fully saturated rings. The maximum absolute atomic E-state index is 12.6. The van der Waals surface area contributed by atoms with Crippen molar-refractivity contribution in [3.05, 3.63) is 70.3 Å². The van der Waals surface area contributed by atoms with Crippen LogP contribution in [0.3, 0.4) is 0 Å². The molecule has 29 heavy (non-hydrogen) atoms. The number of hydrogen-bond acceptors (Lipinski definition) is 5. The van der Waals surface area contributed by atoms with Crippen molar-refractivity contribution in [2.45, 2.75) is 31.9 Å². The minimum absolute atomic E-state index is 0.0224. The van der Waals surface area contributed by atoms with Crippen LogP contribution < -0.4 is 10.3 Å². The summed E-state index contributed by atoms with van der Waals surface area (Å²) in [5.41, 5.74) is 2.05. The SMILES string of the molecule is Cc1cc(OC2CN(C(=O)c3cc(-c4ccccc4)on3)C2)cc(=O)n1C1CC1. The Hall–Kier alpha value is -3.35. The van der Waals surface area contributed by atoms with Crippen molar-refractivity contribution in [1.82, 2.24) is 14.6 Å². The third kappa shape index (κ3) is 3.44. The van der Waals surface area contributed by atoms with Crippen LogP contribution in [-0.2, 0) is 0 Å². The molecule has 7 nitrogen and oxygen atoms in total. The van der Waals surface area contributed by atoms with E-state index in [0.717, 1.165) is 24.1 Å². The molecule has 1 saturated heterocycles. The number of carbonyl (C=O) groups is 1. The molecule has 3 heterocycles. The Bertz CT molecular complexity index is 1110. The zero-order valence-corrected chi connectivity index (χ0v) is 16.1. The molecule has 1 saturated carbocycles. The van der Waals surface area contributed by atoms with Crippen LogP contribution in [0.5, 0.6) is 5.75 Å². The van der Waals surface area contributed by atoms with E-state index in [2.05, 4.69) is 5.16 Å². The second-order valence-electron chi connectivity index (χ2n) is 7.66. The zero-order valence-electron chi connectivity index (χ0n) is 16.1. The highest BCUT2D eigenvalue weighted by atomic mass is 16.5. The Morgan fingerprint density at radius 1 is 1.14 bits per heavy atom. The fourth-order valence-corrected chi connectivity index (χ4v) is 3.70. The van der Waals surface area contributed by atoms with Gasteiger partial charge in [-0.1, -0.05) is 35.5 Å². The average molecular weight is 391 g/mol. The lowest BCUT2D eigenvalue weighted by atomic mass is 10.1. The number of amides is 1. The van der Waals surface area contributed by atoms with Crippen LogP contribution in [0.25, 0.3) is 11.3 Å². The topological polar surface area (TPSA) is 77.6 Å². The van der Waals surface area contributed by atoms with Gasteiger partial charge in [0.25, 0.3) is 11.5 Å². The maximum Gasteiger partial charge on any atom is 0.276 e. The number of aryl methyl sites for hydroxylation is 1. The van der Waals surface area contributed by atoms with Crippen molar-refractivity contribution in [2.75, 3.05) is 13.1 Å². The molecule has 3 aromatic rings. The third-order valence-corrected chi connectivity index (χ3v) is 5.37. The number of aromatic nitrogens is 2. The molecule has 5 rings (SSSR count). The third-order valence-electron chi connectivity index (χ3n) is 5.37. The molecule has 1 aromatic carbocycles. The van der Waals surface area contributed by atoms with Crippen molar-refractivity contribution in [1.29, 1.82) is 0 Å². The molecule has 1 amide bonds. The smallest absolute Gasteiger partial charge is 0.276 e. The summed E-state index contributed by atoms with van der Waals surface area (Å²) >= 11 is 0. The summed E-state index contributed by atoms with van der Waals surface area (Å²) in [7, 11) is 0. The molecule has 1 aliphatic carbocycles. The molecule has 2 aromatic heterocycles. The van der Waals surface area contributed by atoms with Crippen molar-refractivity contribution >= 4 is 5.91 Å². The van der Waals surface area contributed by atoms with Crippen molar-refractivity contribution in [3.8, 4) is 17.1 Å². The van der Waals surface area contributed by atoms with E-state index in [0.29, 0.717) is 30.6 Å². The predicted octanol–water partition coefficient (Wildman–Crippen LogP) is 3.05. The monoisotopic (exact) mass is 391 g/mol. The molecule has 148 valence electrons. The number of likely N-dealkylation sites (tertiary alicyclic amines) is 1. The minimum atomic E-state index is -0.184. The fourth-order valence-electron chi connectivity index (χ4n) is 3.70. The Balaban J connectivity index is 1.21. The van der Waals surface area contributed by atoms with Crippen LogP contribution in [-0.4, -0.2) is 39.7 Å². The maximum atomic E-state index is 12.6. The molecule has 0 atom stereocenters. The van der Waals surface area contributed by atoms with Gasteiger partial charge >= 0.3 is 0 Å². The van der Waals surface area contributed by atoms with Crippen LogP contribution >= 0.6 is 0 Å². The van der Waals surface area contributed by atoms with Gasteiger partial charge in [-0.25, -0.2) is 0 Å². The van der Waals surface area contributed by atoms with Crippen molar-refractivity contribution < 1.29 is 14.1 Å². The number of benzene rings is 1. The van der Waals surface area contributed by atoms with E-state index >= 15 is 0 Å². The highest BCUT2D eigenvalue weighted by Crippen LogP contribution is 2.35. The fraction of sp³-hybridized carbons (Fsp3) is 0.318. The van der Waals surface area contributed by atoms with Crippen LogP contribution in [0.1, 0.15) is 35.1 Å². The van der Waals surface area contributed by atoms with E-state index in [1.165, 1.54) is 0 Å². The summed E-state index contributed by atoms with van der Waals surface area (Å²) < 4.78 is 13.0. The highest BCUT2D eigenvalue weighted by molar-refractivity contribution is 5.93. The van der Waals surface area contributed by atoms with E-state index in [4.69, 9.17) is 9.26 Å². The number of rotatable bonds is 5. The van der Waals surface area contributed by atoms with Crippen LogP contribution in [0.15, 0.2) is 57.8 Å². The van der Waals surface area contributed by atoms with Crippen molar-refractivity contribution in [3.63, 3.8) is 0 Å². The summed E-state index contributed by atoms with van der Waals surface area (Å²) in [6.45, 7) is 2.84. The second-order valence-corrected chi connectivity index (χ2v) is 7.66. The first-order valence-electron chi connectivity index (χ1n) is 9.80. The Kier molecular flexibility index (Phi) is 4.23. The number of carbonyl (C=O) groups excluding carboxylic acids is 1. The molecule has 0 unspecified atom stereocenters. The van der Waals surface area contributed by atoms with Gasteiger partial charge in [0.05, 0.1) is 13.1 Å². The molecule has 0 bridgehead atoms. The molecule has 1 aliphatic heterocycles. The van der Waals surface area contributed by atoms with Gasteiger partial charge < -0.3 is 18.7 Å². The lowest BCUT2D eigenvalue weighted by Gasteiger charge is -2.38. The van der Waals surface area contributed by atoms with Crippen LogP contribution in [0.4, 0.5) is 0 Å². The molecular formula is C22H21N3O4. The molecule has 2 aliphatic rings.